The standard InChI is InChI=1S/C17H16F3NO2S/c18-17(19,20)23-11-3-4-14-13(8-11)16-12(2-1-6-22-16)15(21-14)10-5-7-24-9-10/h3-5,7-9,12,15-16,21H,1-2,6H2/t12-,15-,16?/m0/s1. The zero-order chi connectivity index (χ0) is 16.7. The Labute approximate surface area is 141 Å². The molecular weight excluding hydrogens is 339 g/mol. The van der Waals surface area contributed by atoms with Gasteiger partial charge in [-0.2, -0.15) is 11.3 Å². The second kappa shape index (κ2) is 5.97. The molecule has 0 radical (unpaired) electrons. The molecule has 0 bridgehead atoms. The highest BCUT2D eigenvalue weighted by Crippen LogP contribution is 2.50. The van der Waals surface area contributed by atoms with Gasteiger partial charge in [0.15, 0.2) is 0 Å². The van der Waals surface area contributed by atoms with Gasteiger partial charge in [-0.05, 0) is 53.4 Å². The van der Waals surface area contributed by atoms with E-state index in [4.69, 9.17) is 4.74 Å². The third-order valence-electron chi connectivity index (χ3n) is 4.57. The number of halogens is 3. The Morgan fingerprint density at radius 1 is 1.25 bits per heavy atom. The van der Waals surface area contributed by atoms with Crippen LogP contribution in [0.5, 0.6) is 5.75 Å². The van der Waals surface area contributed by atoms with Gasteiger partial charge in [-0.15, -0.1) is 13.2 Å². The van der Waals surface area contributed by atoms with Crippen LogP contribution in [0.15, 0.2) is 35.0 Å². The van der Waals surface area contributed by atoms with Gasteiger partial charge in [-0.25, -0.2) is 0 Å². The maximum Gasteiger partial charge on any atom is 0.573 e. The average Bonchev–Trinajstić information content (AvgIpc) is 3.07. The zero-order valence-electron chi connectivity index (χ0n) is 12.7. The highest BCUT2D eigenvalue weighted by Gasteiger charge is 2.40. The lowest BCUT2D eigenvalue weighted by atomic mass is 9.78. The Balaban J connectivity index is 1.71. The van der Waals surface area contributed by atoms with Gasteiger partial charge < -0.3 is 14.8 Å². The molecule has 0 aliphatic carbocycles. The van der Waals surface area contributed by atoms with Crippen molar-refractivity contribution in [3.63, 3.8) is 0 Å². The Kier molecular flexibility index (Phi) is 3.92. The summed E-state index contributed by atoms with van der Waals surface area (Å²) in [6.45, 7) is 0.626. The smallest absolute Gasteiger partial charge is 0.406 e. The molecule has 1 unspecified atom stereocenters. The predicted octanol–water partition coefficient (Wildman–Crippen LogP) is 5.28. The minimum Gasteiger partial charge on any atom is -0.406 e. The van der Waals surface area contributed by atoms with E-state index < -0.39 is 6.36 Å². The average molecular weight is 355 g/mol. The molecule has 4 rings (SSSR count). The van der Waals surface area contributed by atoms with Crippen molar-refractivity contribution in [2.45, 2.75) is 31.3 Å². The van der Waals surface area contributed by atoms with Gasteiger partial charge in [0.1, 0.15) is 5.75 Å². The summed E-state index contributed by atoms with van der Waals surface area (Å²) in [5.74, 6) is -0.00746. The maximum absolute atomic E-state index is 12.5. The molecule has 0 amide bonds. The number of benzene rings is 1. The summed E-state index contributed by atoms with van der Waals surface area (Å²) in [6.07, 6.45) is -2.97. The first-order valence-corrected chi connectivity index (χ1v) is 8.75. The highest BCUT2D eigenvalue weighted by atomic mass is 32.1. The van der Waals surface area contributed by atoms with E-state index in [1.807, 2.05) is 5.38 Å². The van der Waals surface area contributed by atoms with Crippen LogP contribution in [0.1, 0.15) is 36.1 Å². The minimum atomic E-state index is -4.69. The number of hydrogen-bond donors (Lipinski definition) is 1. The van der Waals surface area contributed by atoms with Gasteiger partial charge in [0.2, 0.25) is 0 Å². The molecule has 1 aromatic heterocycles. The summed E-state index contributed by atoms with van der Waals surface area (Å²) in [7, 11) is 0. The number of ether oxygens (including phenoxy) is 2. The van der Waals surface area contributed by atoms with Crippen LogP contribution < -0.4 is 10.1 Å². The van der Waals surface area contributed by atoms with Crippen molar-refractivity contribution in [3.05, 3.63) is 46.2 Å². The Bertz CT molecular complexity index is 717. The van der Waals surface area contributed by atoms with Gasteiger partial charge in [0.25, 0.3) is 0 Å². The molecule has 1 fully saturated rings. The molecule has 0 spiro atoms. The van der Waals surface area contributed by atoms with Crippen LogP contribution in [0.2, 0.25) is 0 Å². The van der Waals surface area contributed by atoms with Crippen molar-refractivity contribution >= 4 is 17.0 Å². The summed E-state index contributed by atoms with van der Waals surface area (Å²) in [5.41, 5.74) is 2.75. The fraction of sp³-hybridized carbons (Fsp3) is 0.412. The van der Waals surface area contributed by atoms with E-state index in [1.165, 1.54) is 17.7 Å². The number of thiophene rings is 1. The minimum absolute atomic E-state index is 0.114. The SMILES string of the molecule is FC(F)(F)Oc1ccc2c(c1)C1OCCC[C@H]1[C@H](c1ccsc1)N2. The number of hydrogen-bond acceptors (Lipinski definition) is 4. The van der Waals surface area contributed by atoms with Gasteiger partial charge in [0.05, 0.1) is 12.1 Å². The van der Waals surface area contributed by atoms with E-state index >= 15 is 0 Å². The lowest BCUT2D eigenvalue weighted by molar-refractivity contribution is -0.274. The molecule has 2 aliphatic heterocycles. The molecule has 3 nitrogen and oxygen atoms in total. The van der Waals surface area contributed by atoms with E-state index in [9.17, 15) is 13.2 Å². The predicted molar refractivity (Wildman–Crippen MR) is 85.2 cm³/mol. The summed E-state index contributed by atoms with van der Waals surface area (Å²) in [6, 6.07) is 6.63. The number of nitrogens with one attached hydrogen (secondary N) is 1. The quantitative estimate of drug-likeness (QED) is 0.795. The lowest BCUT2D eigenvalue weighted by Crippen LogP contribution is -2.35. The molecule has 1 N–H and O–H groups in total. The third kappa shape index (κ3) is 2.98. The third-order valence-corrected chi connectivity index (χ3v) is 5.27. The molecule has 1 saturated heterocycles. The second-order valence-electron chi connectivity index (χ2n) is 6.07. The number of rotatable bonds is 2. The molecule has 2 aromatic rings. The monoisotopic (exact) mass is 355 g/mol. The van der Waals surface area contributed by atoms with Gasteiger partial charge >= 0.3 is 6.36 Å². The van der Waals surface area contributed by atoms with E-state index in [1.54, 1.807) is 17.4 Å². The van der Waals surface area contributed by atoms with Crippen molar-refractivity contribution in [2.24, 2.45) is 5.92 Å². The lowest BCUT2D eigenvalue weighted by Gasteiger charge is -2.43. The Morgan fingerprint density at radius 2 is 2.12 bits per heavy atom. The van der Waals surface area contributed by atoms with E-state index in [0.717, 1.165) is 24.1 Å². The van der Waals surface area contributed by atoms with Crippen LogP contribution in [0.3, 0.4) is 0 Å². The number of alkyl halides is 3. The highest BCUT2D eigenvalue weighted by molar-refractivity contribution is 7.08. The summed E-state index contributed by atoms with van der Waals surface area (Å²) >= 11 is 1.64. The molecule has 7 heteroatoms. The largest absolute Gasteiger partial charge is 0.573 e. The number of anilines is 1. The van der Waals surface area contributed by atoms with Crippen LogP contribution in [0.4, 0.5) is 18.9 Å². The summed E-state index contributed by atoms with van der Waals surface area (Å²) in [5, 5.41) is 7.62. The van der Waals surface area contributed by atoms with Crippen LogP contribution in [-0.4, -0.2) is 13.0 Å². The van der Waals surface area contributed by atoms with Crippen molar-refractivity contribution in [3.8, 4) is 5.75 Å². The fourth-order valence-electron chi connectivity index (χ4n) is 3.63. The van der Waals surface area contributed by atoms with Crippen molar-refractivity contribution in [2.75, 3.05) is 11.9 Å². The van der Waals surface area contributed by atoms with E-state index in [-0.39, 0.29) is 23.8 Å². The molecule has 2 aliphatic rings. The maximum atomic E-state index is 12.5. The van der Waals surface area contributed by atoms with E-state index in [0.29, 0.717) is 6.61 Å². The second-order valence-corrected chi connectivity index (χ2v) is 6.85. The molecule has 3 atom stereocenters. The first-order valence-electron chi connectivity index (χ1n) is 7.81. The van der Waals surface area contributed by atoms with E-state index in [2.05, 4.69) is 21.5 Å². The van der Waals surface area contributed by atoms with Gasteiger partial charge in [0, 0.05) is 23.8 Å². The van der Waals surface area contributed by atoms with Crippen LogP contribution in [-0.2, 0) is 4.74 Å². The molecule has 24 heavy (non-hydrogen) atoms. The van der Waals surface area contributed by atoms with Crippen molar-refractivity contribution in [1.29, 1.82) is 0 Å². The van der Waals surface area contributed by atoms with Crippen LogP contribution >= 0.6 is 11.3 Å². The number of fused-ring (bicyclic) bond motifs is 3. The van der Waals surface area contributed by atoms with Gasteiger partial charge in [-0.3, -0.25) is 0 Å². The summed E-state index contributed by atoms with van der Waals surface area (Å²) < 4.78 is 47.5. The molecule has 1 aromatic carbocycles. The first kappa shape index (κ1) is 15.8. The summed E-state index contributed by atoms with van der Waals surface area (Å²) in [4.78, 5) is 0. The Morgan fingerprint density at radius 3 is 2.88 bits per heavy atom. The van der Waals surface area contributed by atoms with Crippen molar-refractivity contribution < 1.29 is 22.6 Å². The Hall–Kier alpha value is -1.73. The normalized spacial score (nSPS) is 26.2. The van der Waals surface area contributed by atoms with Gasteiger partial charge in [-0.1, -0.05) is 0 Å². The first-order chi connectivity index (χ1) is 11.5. The van der Waals surface area contributed by atoms with Crippen molar-refractivity contribution in [1.82, 2.24) is 0 Å². The molecular formula is C17H16F3NO2S. The molecule has 0 saturated carbocycles. The van der Waals surface area contributed by atoms with Crippen LogP contribution in [0.25, 0.3) is 0 Å². The zero-order valence-corrected chi connectivity index (χ0v) is 13.5. The fourth-order valence-corrected chi connectivity index (χ4v) is 4.32. The topological polar surface area (TPSA) is 30.5 Å². The van der Waals surface area contributed by atoms with Crippen LogP contribution in [0, 0.1) is 5.92 Å². The molecule has 3 heterocycles. The molecule has 128 valence electrons.